The third-order valence-electron chi connectivity index (χ3n) is 4.08. The fourth-order valence-electron chi connectivity index (χ4n) is 3.06. The number of nitrogens with two attached hydrogens (primary N) is 1. The highest BCUT2D eigenvalue weighted by molar-refractivity contribution is 6.33. The molecule has 5 nitrogen and oxygen atoms in total. The van der Waals surface area contributed by atoms with E-state index in [1.54, 1.807) is 6.20 Å². The van der Waals surface area contributed by atoms with Crippen molar-refractivity contribution in [1.29, 1.82) is 0 Å². The molecule has 0 amide bonds. The predicted molar refractivity (Wildman–Crippen MR) is 87.0 cm³/mol. The van der Waals surface area contributed by atoms with Crippen LogP contribution in [0.5, 0.6) is 0 Å². The van der Waals surface area contributed by atoms with E-state index < -0.39 is 0 Å². The molecule has 2 rings (SSSR count). The van der Waals surface area contributed by atoms with Gasteiger partial charge < -0.3 is 10.6 Å². The van der Waals surface area contributed by atoms with Crippen LogP contribution in [0.4, 0.5) is 5.69 Å². The standard InChI is InChI=1S/C15H25ClN4O/c1-10(2)9-19-15(21)14(16)13(8-18-19)20-11(3)5-4-6-12(20)7-17/h8,10-12H,4-7,9,17H2,1-3H3. The molecule has 2 atom stereocenters. The molecule has 2 N–H and O–H groups in total. The molecule has 1 aliphatic rings. The average Bonchev–Trinajstić information content (AvgIpc) is 2.44. The molecule has 1 aromatic rings. The summed E-state index contributed by atoms with van der Waals surface area (Å²) in [6, 6.07) is 0.556. The zero-order valence-corrected chi connectivity index (χ0v) is 13.8. The Bertz CT molecular complexity index is 543. The van der Waals surface area contributed by atoms with Gasteiger partial charge in [-0.3, -0.25) is 4.79 Å². The smallest absolute Gasteiger partial charge is 0.287 e. The molecule has 0 aliphatic carbocycles. The van der Waals surface area contributed by atoms with E-state index in [4.69, 9.17) is 17.3 Å². The molecule has 1 saturated heterocycles. The number of anilines is 1. The van der Waals surface area contributed by atoms with Crippen LogP contribution in [0.2, 0.25) is 5.02 Å². The van der Waals surface area contributed by atoms with E-state index in [1.807, 2.05) is 13.8 Å². The van der Waals surface area contributed by atoms with Crippen molar-refractivity contribution in [3.05, 3.63) is 21.6 Å². The van der Waals surface area contributed by atoms with Gasteiger partial charge in [-0.1, -0.05) is 25.4 Å². The van der Waals surface area contributed by atoms with Crippen molar-refractivity contribution in [3.63, 3.8) is 0 Å². The SMILES string of the molecule is CC(C)Cn1ncc(N2C(C)CCCC2CN)c(Cl)c1=O. The van der Waals surface area contributed by atoms with Gasteiger partial charge in [-0.05, 0) is 32.1 Å². The normalized spacial score (nSPS) is 22.9. The second-order valence-corrected chi connectivity index (χ2v) is 6.68. The summed E-state index contributed by atoms with van der Waals surface area (Å²) in [5.41, 5.74) is 6.40. The van der Waals surface area contributed by atoms with Gasteiger partial charge in [0.25, 0.3) is 5.56 Å². The average molecular weight is 313 g/mol. The molecule has 118 valence electrons. The van der Waals surface area contributed by atoms with Crippen molar-refractivity contribution < 1.29 is 0 Å². The summed E-state index contributed by atoms with van der Waals surface area (Å²) in [5.74, 6) is 0.350. The number of piperidine rings is 1. The number of aromatic nitrogens is 2. The maximum absolute atomic E-state index is 12.4. The molecule has 0 aromatic carbocycles. The summed E-state index contributed by atoms with van der Waals surface area (Å²) in [6.07, 6.45) is 5.00. The molecule has 6 heteroatoms. The van der Waals surface area contributed by atoms with Gasteiger partial charge >= 0.3 is 0 Å². The number of rotatable bonds is 4. The Morgan fingerprint density at radius 1 is 1.48 bits per heavy atom. The lowest BCUT2D eigenvalue weighted by Crippen LogP contribution is -2.49. The summed E-state index contributed by atoms with van der Waals surface area (Å²) in [5, 5.41) is 4.56. The largest absolute Gasteiger partial charge is 0.362 e. The first kappa shape index (κ1) is 16.3. The van der Waals surface area contributed by atoms with Crippen molar-refractivity contribution in [2.24, 2.45) is 11.7 Å². The molecular formula is C15H25ClN4O. The maximum Gasteiger partial charge on any atom is 0.287 e. The first-order valence-corrected chi connectivity index (χ1v) is 8.07. The van der Waals surface area contributed by atoms with Gasteiger partial charge in [0.05, 0.1) is 11.9 Å². The Morgan fingerprint density at radius 2 is 2.19 bits per heavy atom. The van der Waals surface area contributed by atoms with E-state index in [9.17, 15) is 4.79 Å². The van der Waals surface area contributed by atoms with E-state index >= 15 is 0 Å². The first-order chi connectivity index (χ1) is 9.95. The Morgan fingerprint density at radius 3 is 2.81 bits per heavy atom. The summed E-state index contributed by atoms with van der Waals surface area (Å²) in [7, 11) is 0. The second-order valence-electron chi connectivity index (χ2n) is 6.30. The molecule has 1 aromatic heterocycles. The van der Waals surface area contributed by atoms with Crippen LogP contribution in [0.25, 0.3) is 0 Å². The zero-order valence-electron chi connectivity index (χ0n) is 13.1. The van der Waals surface area contributed by atoms with Gasteiger partial charge in [0.1, 0.15) is 5.02 Å². The van der Waals surface area contributed by atoms with E-state index in [-0.39, 0.29) is 16.6 Å². The molecule has 21 heavy (non-hydrogen) atoms. The van der Waals surface area contributed by atoms with Gasteiger partial charge in [-0.2, -0.15) is 5.10 Å². The summed E-state index contributed by atoms with van der Waals surface area (Å²) < 4.78 is 1.45. The van der Waals surface area contributed by atoms with Crippen LogP contribution in [-0.2, 0) is 6.54 Å². The Balaban J connectivity index is 2.39. The Kier molecular flexibility index (Phi) is 5.27. The predicted octanol–water partition coefficient (Wildman–Crippen LogP) is 2.26. The minimum atomic E-state index is -0.212. The molecule has 0 radical (unpaired) electrons. The summed E-state index contributed by atoms with van der Waals surface area (Å²) in [4.78, 5) is 14.6. The highest BCUT2D eigenvalue weighted by atomic mass is 35.5. The molecule has 1 aliphatic heterocycles. The number of hydrogen-bond donors (Lipinski definition) is 1. The fraction of sp³-hybridized carbons (Fsp3) is 0.733. The van der Waals surface area contributed by atoms with Crippen LogP contribution in [0, 0.1) is 5.92 Å². The third kappa shape index (κ3) is 3.40. The van der Waals surface area contributed by atoms with Crippen molar-refractivity contribution in [2.45, 2.75) is 58.7 Å². The van der Waals surface area contributed by atoms with Gasteiger partial charge in [-0.15, -0.1) is 0 Å². The van der Waals surface area contributed by atoms with E-state index in [2.05, 4.69) is 16.9 Å². The van der Waals surface area contributed by atoms with Gasteiger partial charge in [-0.25, -0.2) is 4.68 Å². The van der Waals surface area contributed by atoms with Crippen LogP contribution in [0.1, 0.15) is 40.0 Å². The summed E-state index contributed by atoms with van der Waals surface area (Å²) in [6.45, 7) is 7.39. The second kappa shape index (κ2) is 6.79. The molecule has 0 saturated carbocycles. The number of halogens is 1. The van der Waals surface area contributed by atoms with E-state index in [0.717, 1.165) is 24.9 Å². The van der Waals surface area contributed by atoms with Gasteiger partial charge in [0.2, 0.25) is 0 Å². The maximum atomic E-state index is 12.4. The molecular weight excluding hydrogens is 288 g/mol. The Hall–Kier alpha value is -1.07. The summed E-state index contributed by atoms with van der Waals surface area (Å²) >= 11 is 6.35. The van der Waals surface area contributed by atoms with Crippen LogP contribution in [0.15, 0.2) is 11.0 Å². The van der Waals surface area contributed by atoms with Gasteiger partial charge in [0.15, 0.2) is 0 Å². The third-order valence-corrected chi connectivity index (χ3v) is 4.44. The number of nitrogens with zero attached hydrogens (tertiary/aromatic N) is 3. The monoisotopic (exact) mass is 312 g/mol. The minimum absolute atomic E-state index is 0.212. The molecule has 0 bridgehead atoms. The van der Waals surface area contributed by atoms with Crippen molar-refractivity contribution in [3.8, 4) is 0 Å². The molecule has 1 fully saturated rings. The molecule has 0 spiro atoms. The lowest BCUT2D eigenvalue weighted by Gasteiger charge is -2.42. The Labute approximate surface area is 131 Å². The topological polar surface area (TPSA) is 64.2 Å². The number of hydrogen-bond acceptors (Lipinski definition) is 4. The van der Waals surface area contributed by atoms with Crippen molar-refractivity contribution >= 4 is 17.3 Å². The highest BCUT2D eigenvalue weighted by Gasteiger charge is 2.29. The lowest BCUT2D eigenvalue weighted by atomic mass is 9.96. The van der Waals surface area contributed by atoms with E-state index in [0.29, 0.717) is 25.0 Å². The highest BCUT2D eigenvalue weighted by Crippen LogP contribution is 2.31. The van der Waals surface area contributed by atoms with Crippen molar-refractivity contribution in [1.82, 2.24) is 9.78 Å². The van der Waals surface area contributed by atoms with Crippen LogP contribution >= 0.6 is 11.6 Å². The molecule has 2 unspecified atom stereocenters. The first-order valence-electron chi connectivity index (χ1n) is 7.69. The van der Waals surface area contributed by atoms with Crippen LogP contribution in [0.3, 0.4) is 0 Å². The van der Waals surface area contributed by atoms with Gasteiger partial charge in [0, 0.05) is 25.2 Å². The van der Waals surface area contributed by atoms with Crippen molar-refractivity contribution in [2.75, 3.05) is 11.4 Å². The zero-order chi connectivity index (χ0) is 15.6. The van der Waals surface area contributed by atoms with E-state index in [1.165, 1.54) is 4.68 Å². The van der Waals surface area contributed by atoms with Crippen LogP contribution in [-0.4, -0.2) is 28.4 Å². The van der Waals surface area contributed by atoms with Crippen LogP contribution < -0.4 is 16.2 Å². The quantitative estimate of drug-likeness (QED) is 0.926. The molecule has 2 heterocycles. The minimum Gasteiger partial charge on any atom is -0.362 e. The fourth-order valence-corrected chi connectivity index (χ4v) is 3.31. The lowest BCUT2D eigenvalue weighted by molar-refractivity contribution is 0.398.